The Hall–Kier alpha value is -0.930. The van der Waals surface area contributed by atoms with E-state index in [9.17, 15) is 15.0 Å². The third kappa shape index (κ3) is 1.89. The summed E-state index contributed by atoms with van der Waals surface area (Å²) in [5, 5.41) is 21.7. The van der Waals surface area contributed by atoms with Crippen molar-refractivity contribution in [2.24, 2.45) is 28.6 Å². The van der Waals surface area contributed by atoms with Gasteiger partial charge in [0.15, 0.2) is 5.79 Å². The van der Waals surface area contributed by atoms with E-state index >= 15 is 0 Å². The van der Waals surface area contributed by atoms with Gasteiger partial charge in [0.25, 0.3) is 0 Å². The number of aliphatic hydroxyl groups is 2. The number of Topliss-reactive ketones (excluding diaryl/α,β-unsaturated/α-hetero) is 1. The van der Waals surface area contributed by atoms with E-state index < -0.39 is 11.2 Å². The lowest BCUT2D eigenvalue weighted by atomic mass is 9.49. The third-order valence-electron chi connectivity index (χ3n) is 8.25. The molecule has 5 atom stereocenters. The van der Waals surface area contributed by atoms with Crippen LogP contribution in [0.5, 0.6) is 0 Å². The van der Waals surface area contributed by atoms with Gasteiger partial charge in [0, 0.05) is 17.8 Å². The second kappa shape index (κ2) is 5.04. The second-order valence-corrected chi connectivity index (χ2v) is 9.12. The molecule has 0 radical (unpaired) electrons. The minimum atomic E-state index is -1.62. The molecule has 2 N–H and O–H groups in total. The standard InChI is InChI=1S/C21H30O3/c1-13(22)16-8-9-17-15-7-6-14-5-4-11-21(23,24)20(14,3)18(15)10-12-19(16,17)2/h6-7,16-18,23-24H,4-5,8-12H2,1-3H3/t16-,17+,18+,19-,20+/m1/s1. The van der Waals surface area contributed by atoms with E-state index in [0.29, 0.717) is 18.1 Å². The van der Waals surface area contributed by atoms with Gasteiger partial charge in [-0.3, -0.25) is 4.79 Å². The summed E-state index contributed by atoms with van der Waals surface area (Å²) in [7, 11) is 0. The fraction of sp³-hybridized carbons (Fsp3) is 0.762. The smallest absolute Gasteiger partial charge is 0.172 e. The molecule has 0 spiro atoms. The molecule has 0 bridgehead atoms. The first-order valence-electron chi connectivity index (χ1n) is 9.58. The third-order valence-corrected chi connectivity index (χ3v) is 8.25. The molecule has 0 saturated heterocycles. The molecule has 0 unspecified atom stereocenters. The summed E-state index contributed by atoms with van der Waals surface area (Å²) in [6.45, 7) is 6.10. The second-order valence-electron chi connectivity index (χ2n) is 9.12. The Kier molecular flexibility index (Phi) is 3.48. The van der Waals surface area contributed by atoms with Crippen molar-refractivity contribution in [3.8, 4) is 0 Å². The van der Waals surface area contributed by atoms with E-state index in [0.717, 1.165) is 38.5 Å². The van der Waals surface area contributed by atoms with Crippen LogP contribution in [0, 0.1) is 28.6 Å². The zero-order valence-electron chi connectivity index (χ0n) is 15.1. The first-order valence-corrected chi connectivity index (χ1v) is 9.58. The maximum atomic E-state index is 12.1. The van der Waals surface area contributed by atoms with Crippen molar-refractivity contribution in [1.82, 2.24) is 0 Å². The summed E-state index contributed by atoms with van der Waals surface area (Å²) in [5.41, 5.74) is 2.08. The monoisotopic (exact) mass is 330 g/mol. The summed E-state index contributed by atoms with van der Waals surface area (Å²) in [4.78, 5) is 12.1. The topological polar surface area (TPSA) is 57.5 Å². The minimum absolute atomic E-state index is 0.0537. The van der Waals surface area contributed by atoms with Gasteiger partial charge in [-0.2, -0.15) is 0 Å². The molecule has 24 heavy (non-hydrogen) atoms. The average molecular weight is 330 g/mol. The maximum Gasteiger partial charge on any atom is 0.172 e. The molecule has 132 valence electrons. The average Bonchev–Trinajstić information content (AvgIpc) is 2.86. The summed E-state index contributed by atoms with van der Waals surface area (Å²) in [6, 6.07) is 0. The van der Waals surface area contributed by atoms with Gasteiger partial charge in [-0.15, -0.1) is 0 Å². The van der Waals surface area contributed by atoms with Gasteiger partial charge in [-0.05, 0) is 62.7 Å². The number of ketones is 1. The zero-order valence-corrected chi connectivity index (χ0v) is 15.1. The first kappa shape index (κ1) is 16.5. The SMILES string of the molecule is CC(=O)[C@H]1CC[C@H]2C3=CC=C4CCCC(O)(O)[C@]4(C)[C@H]3CC[C@]12C. The lowest BCUT2D eigenvalue weighted by molar-refractivity contribution is -0.254. The first-order chi connectivity index (χ1) is 11.2. The van der Waals surface area contributed by atoms with Gasteiger partial charge in [-0.25, -0.2) is 0 Å². The molecule has 0 amide bonds. The molecule has 4 rings (SSSR count). The largest absolute Gasteiger partial charge is 0.365 e. The van der Waals surface area contributed by atoms with E-state index in [-0.39, 0.29) is 17.3 Å². The maximum absolute atomic E-state index is 12.1. The fourth-order valence-electron chi connectivity index (χ4n) is 6.78. The number of carbonyl (C=O) groups excluding carboxylic acids is 1. The van der Waals surface area contributed by atoms with E-state index in [1.54, 1.807) is 6.92 Å². The van der Waals surface area contributed by atoms with Crippen LogP contribution in [0.3, 0.4) is 0 Å². The Balaban J connectivity index is 1.77. The molecule has 3 fully saturated rings. The molecule has 0 aromatic rings. The van der Waals surface area contributed by atoms with Crippen LogP contribution in [0.25, 0.3) is 0 Å². The molecule has 0 aromatic carbocycles. The predicted molar refractivity (Wildman–Crippen MR) is 93.0 cm³/mol. The van der Waals surface area contributed by atoms with E-state index in [4.69, 9.17) is 0 Å². The van der Waals surface area contributed by atoms with Gasteiger partial charge < -0.3 is 10.2 Å². The van der Waals surface area contributed by atoms with Gasteiger partial charge in [0.05, 0.1) is 0 Å². The van der Waals surface area contributed by atoms with Crippen LogP contribution < -0.4 is 0 Å². The Morgan fingerprint density at radius 1 is 1.08 bits per heavy atom. The molecule has 0 aromatic heterocycles. The summed E-state index contributed by atoms with van der Waals surface area (Å²) in [5.74, 6) is -0.502. The molecule has 4 aliphatic rings. The van der Waals surface area contributed by atoms with Crippen molar-refractivity contribution in [1.29, 1.82) is 0 Å². The lowest BCUT2D eigenvalue weighted by Crippen LogP contribution is -2.57. The van der Waals surface area contributed by atoms with Crippen molar-refractivity contribution < 1.29 is 15.0 Å². The van der Waals surface area contributed by atoms with Crippen LogP contribution in [-0.4, -0.2) is 21.8 Å². The highest BCUT2D eigenvalue weighted by Gasteiger charge is 2.62. The molecule has 3 heteroatoms. The van der Waals surface area contributed by atoms with Crippen molar-refractivity contribution in [2.45, 2.75) is 71.5 Å². The van der Waals surface area contributed by atoms with Gasteiger partial charge in [-0.1, -0.05) is 37.1 Å². The van der Waals surface area contributed by atoms with Crippen LogP contribution in [0.2, 0.25) is 0 Å². The van der Waals surface area contributed by atoms with Crippen molar-refractivity contribution >= 4 is 5.78 Å². The van der Waals surface area contributed by atoms with Crippen molar-refractivity contribution in [3.63, 3.8) is 0 Å². The number of carbonyl (C=O) groups is 1. The Morgan fingerprint density at radius 3 is 2.54 bits per heavy atom. The van der Waals surface area contributed by atoms with E-state index in [2.05, 4.69) is 26.0 Å². The van der Waals surface area contributed by atoms with Crippen LogP contribution in [0.15, 0.2) is 23.3 Å². The highest BCUT2D eigenvalue weighted by atomic mass is 16.5. The van der Waals surface area contributed by atoms with Crippen LogP contribution >= 0.6 is 0 Å². The summed E-state index contributed by atoms with van der Waals surface area (Å²) >= 11 is 0. The van der Waals surface area contributed by atoms with Crippen molar-refractivity contribution in [2.75, 3.05) is 0 Å². The number of fused-ring (bicyclic) bond motifs is 5. The molecule has 3 saturated carbocycles. The highest BCUT2D eigenvalue weighted by Crippen LogP contribution is 2.66. The summed E-state index contributed by atoms with van der Waals surface area (Å²) < 4.78 is 0. The van der Waals surface area contributed by atoms with E-state index in [1.165, 1.54) is 11.1 Å². The van der Waals surface area contributed by atoms with Crippen molar-refractivity contribution in [3.05, 3.63) is 23.3 Å². The minimum Gasteiger partial charge on any atom is -0.365 e. The van der Waals surface area contributed by atoms with Gasteiger partial charge in [0.1, 0.15) is 5.78 Å². The zero-order chi connectivity index (χ0) is 17.3. The number of hydrogen-bond acceptors (Lipinski definition) is 3. The molecule has 0 aliphatic heterocycles. The predicted octanol–water partition coefficient (Wildman–Crippen LogP) is 3.76. The van der Waals surface area contributed by atoms with Crippen LogP contribution in [-0.2, 0) is 4.79 Å². The lowest BCUT2D eigenvalue weighted by Gasteiger charge is -2.57. The quantitative estimate of drug-likeness (QED) is 0.720. The van der Waals surface area contributed by atoms with Crippen LogP contribution in [0.4, 0.5) is 0 Å². The normalized spacial score (nSPS) is 46.3. The Labute approximate surface area is 144 Å². The molecular weight excluding hydrogens is 300 g/mol. The van der Waals surface area contributed by atoms with Crippen LogP contribution in [0.1, 0.15) is 65.7 Å². The Bertz CT molecular complexity index is 643. The number of allylic oxidation sites excluding steroid dienone is 3. The summed E-state index contributed by atoms with van der Waals surface area (Å²) in [6.07, 6.45) is 10.7. The van der Waals surface area contributed by atoms with Gasteiger partial charge >= 0.3 is 0 Å². The molecule has 0 heterocycles. The molecule has 3 nitrogen and oxygen atoms in total. The van der Waals surface area contributed by atoms with E-state index in [1.807, 2.05) is 0 Å². The highest BCUT2D eigenvalue weighted by molar-refractivity contribution is 5.79. The molecule has 4 aliphatic carbocycles. The molecular formula is C21H30O3. The number of hydrogen-bond donors (Lipinski definition) is 2. The van der Waals surface area contributed by atoms with Gasteiger partial charge in [0.2, 0.25) is 0 Å². The fourth-order valence-corrected chi connectivity index (χ4v) is 6.78. The number of rotatable bonds is 1. The Morgan fingerprint density at radius 2 is 1.83 bits per heavy atom.